The maximum atomic E-state index is 14.7. The van der Waals surface area contributed by atoms with Crippen molar-refractivity contribution in [2.24, 2.45) is 5.92 Å². The van der Waals surface area contributed by atoms with Crippen LogP contribution in [0, 0.1) is 25.2 Å². The number of aromatic nitrogens is 1. The summed E-state index contributed by atoms with van der Waals surface area (Å²) in [6.07, 6.45) is 0. The van der Waals surface area contributed by atoms with Crippen molar-refractivity contribution in [3.8, 4) is 5.75 Å². The van der Waals surface area contributed by atoms with Crippen LogP contribution in [-0.2, 0) is 32.8 Å². The number of carbonyl (C=O) groups is 2. The topological polar surface area (TPSA) is 102 Å². The smallest absolute Gasteiger partial charge is 0.320 e. The Labute approximate surface area is 214 Å². The van der Waals surface area contributed by atoms with E-state index in [-0.39, 0.29) is 24.5 Å². The Morgan fingerprint density at radius 3 is 2.54 bits per heavy atom. The highest BCUT2D eigenvalue weighted by atomic mass is 16.5. The zero-order valence-electron chi connectivity index (χ0n) is 21.3. The first-order valence-corrected chi connectivity index (χ1v) is 12.4. The molecule has 0 fully saturated rings. The predicted octanol–water partition coefficient (Wildman–Crippen LogP) is 3.87. The number of pyridine rings is 1. The number of hydrogen-bond donors (Lipinski definition) is 1. The largest absolute Gasteiger partial charge is 0.465 e. The van der Waals surface area contributed by atoms with Crippen LogP contribution in [0.1, 0.15) is 41.8 Å². The normalized spacial score (nSPS) is 20.0. The lowest BCUT2D eigenvalue weighted by molar-refractivity contribution is -0.150. The first kappa shape index (κ1) is 24.5. The lowest BCUT2D eigenvalue weighted by Gasteiger charge is -2.39. The summed E-state index contributed by atoms with van der Waals surface area (Å²) in [6, 6.07) is 16.7. The van der Waals surface area contributed by atoms with E-state index in [4.69, 9.17) is 14.9 Å². The van der Waals surface area contributed by atoms with Crippen molar-refractivity contribution in [3.05, 3.63) is 92.9 Å². The molecule has 8 heteroatoms. The summed E-state index contributed by atoms with van der Waals surface area (Å²) in [6.45, 7) is 7.93. The van der Waals surface area contributed by atoms with E-state index in [1.807, 2.05) is 50.2 Å². The van der Waals surface area contributed by atoms with Crippen molar-refractivity contribution in [2.45, 2.75) is 46.2 Å². The zero-order chi connectivity index (χ0) is 26.5. The standard InChI is InChI=1S/C29H29N3O5/c1-5-31-18(4)15-22-23(26(31)33)29(24(25(30)37-22)27(34)36-6-2)20-12-7-8-13-21(20)32(28(29)35)16-19-11-9-10-17(3)14-19/h7-15,24,30H,5-6,16H2,1-4H3. The third-order valence-electron chi connectivity index (χ3n) is 7.24. The number of ether oxygens (including phenoxy) is 2. The van der Waals surface area contributed by atoms with Crippen LogP contribution in [0.15, 0.2) is 59.4 Å². The van der Waals surface area contributed by atoms with Gasteiger partial charge in [0, 0.05) is 24.0 Å². The Balaban J connectivity index is 1.85. The van der Waals surface area contributed by atoms with Gasteiger partial charge in [-0.3, -0.25) is 19.8 Å². The highest BCUT2D eigenvalue weighted by Crippen LogP contribution is 2.55. The van der Waals surface area contributed by atoms with Crippen molar-refractivity contribution in [1.82, 2.24) is 4.57 Å². The molecule has 8 nitrogen and oxygen atoms in total. The zero-order valence-corrected chi connectivity index (χ0v) is 21.3. The molecule has 1 N–H and O–H groups in total. The number of anilines is 1. The Bertz CT molecular complexity index is 1510. The minimum absolute atomic E-state index is 0.0570. The molecule has 2 unspecified atom stereocenters. The minimum atomic E-state index is -1.79. The van der Waals surface area contributed by atoms with Gasteiger partial charge >= 0.3 is 5.97 Å². The average molecular weight is 500 g/mol. The molecule has 2 aliphatic heterocycles. The van der Waals surface area contributed by atoms with Gasteiger partial charge in [0.05, 0.1) is 18.7 Å². The molecule has 37 heavy (non-hydrogen) atoms. The number of esters is 1. The number of para-hydroxylation sites is 1. The molecule has 1 amide bonds. The summed E-state index contributed by atoms with van der Waals surface area (Å²) >= 11 is 0. The van der Waals surface area contributed by atoms with E-state index in [2.05, 4.69) is 0 Å². The molecule has 190 valence electrons. The second-order valence-electron chi connectivity index (χ2n) is 9.43. The second kappa shape index (κ2) is 9.03. The van der Waals surface area contributed by atoms with E-state index in [9.17, 15) is 14.4 Å². The molecule has 3 aromatic rings. The van der Waals surface area contributed by atoms with Crippen LogP contribution in [0.3, 0.4) is 0 Å². The molecule has 0 saturated heterocycles. The lowest BCUT2D eigenvalue weighted by atomic mass is 9.64. The second-order valence-corrected chi connectivity index (χ2v) is 9.43. The summed E-state index contributed by atoms with van der Waals surface area (Å²) < 4.78 is 12.7. The SMILES string of the molecule is CCOC(=O)C1C(=N)Oc2cc(C)n(CC)c(=O)c2C12C(=O)N(Cc1cccc(C)c1)c1ccccc12. The molecule has 1 spiro atoms. The van der Waals surface area contributed by atoms with Crippen LogP contribution in [0.4, 0.5) is 5.69 Å². The maximum absolute atomic E-state index is 14.7. The first-order valence-electron chi connectivity index (χ1n) is 12.4. The Kier molecular flexibility index (Phi) is 5.98. The van der Waals surface area contributed by atoms with Crippen LogP contribution >= 0.6 is 0 Å². The highest BCUT2D eigenvalue weighted by Gasteiger charge is 2.66. The lowest BCUT2D eigenvalue weighted by Crippen LogP contribution is -2.58. The molecule has 1 aromatic heterocycles. The van der Waals surface area contributed by atoms with Gasteiger partial charge in [-0.15, -0.1) is 0 Å². The number of hydrogen-bond acceptors (Lipinski definition) is 6. The summed E-state index contributed by atoms with van der Waals surface area (Å²) in [5, 5.41) is 8.76. The van der Waals surface area contributed by atoms with E-state index >= 15 is 0 Å². The molecule has 0 bridgehead atoms. The molecule has 3 heterocycles. The first-order chi connectivity index (χ1) is 17.7. The van der Waals surface area contributed by atoms with Gasteiger partial charge < -0.3 is 18.9 Å². The number of rotatable bonds is 5. The number of amides is 1. The van der Waals surface area contributed by atoms with Crippen LogP contribution in [0.2, 0.25) is 0 Å². The Morgan fingerprint density at radius 2 is 1.84 bits per heavy atom. The number of benzene rings is 2. The van der Waals surface area contributed by atoms with Crippen molar-refractivity contribution in [1.29, 1.82) is 5.41 Å². The van der Waals surface area contributed by atoms with Crippen molar-refractivity contribution < 1.29 is 19.1 Å². The molecule has 2 atom stereocenters. The number of aryl methyl sites for hydroxylation is 2. The third-order valence-corrected chi connectivity index (χ3v) is 7.24. The molecular weight excluding hydrogens is 470 g/mol. The van der Waals surface area contributed by atoms with Gasteiger partial charge in [-0.2, -0.15) is 0 Å². The van der Waals surface area contributed by atoms with E-state index < -0.39 is 34.7 Å². The number of nitrogens with one attached hydrogen (secondary N) is 1. The molecular formula is C29H29N3O5. The monoisotopic (exact) mass is 499 g/mol. The quantitative estimate of drug-likeness (QED) is 0.537. The van der Waals surface area contributed by atoms with E-state index in [1.165, 1.54) is 0 Å². The van der Waals surface area contributed by atoms with Gasteiger partial charge in [0.15, 0.2) is 5.92 Å². The number of fused-ring (bicyclic) bond motifs is 4. The fourth-order valence-corrected chi connectivity index (χ4v) is 5.76. The van der Waals surface area contributed by atoms with Gasteiger partial charge in [-0.05, 0) is 44.9 Å². The van der Waals surface area contributed by atoms with Crippen LogP contribution in [0.25, 0.3) is 0 Å². The average Bonchev–Trinajstić information content (AvgIpc) is 3.08. The van der Waals surface area contributed by atoms with Crippen molar-refractivity contribution in [2.75, 3.05) is 11.5 Å². The van der Waals surface area contributed by atoms with Gasteiger partial charge in [-0.25, -0.2) is 0 Å². The Hall–Kier alpha value is -4.20. The maximum Gasteiger partial charge on any atom is 0.320 e. The van der Waals surface area contributed by atoms with Crippen LogP contribution in [0.5, 0.6) is 5.75 Å². The predicted molar refractivity (Wildman–Crippen MR) is 139 cm³/mol. The third kappa shape index (κ3) is 3.50. The van der Waals surface area contributed by atoms with Gasteiger partial charge in [0.1, 0.15) is 11.2 Å². The van der Waals surface area contributed by atoms with Crippen LogP contribution < -0.4 is 15.2 Å². The van der Waals surface area contributed by atoms with Gasteiger partial charge in [0.25, 0.3) is 5.56 Å². The highest BCUT2D eigenvalue weighted by molar-refractivity contribution is 6.18. The fraction of sp³-hybridized carbons (Fsp3) is 0.310. The molecule has 0 radical (unpaired) electrons. The molecule has 2 aliphatic rings. The molecule has 5 rings (SSSR count). The molecule has 2 aromatic carbocycles. The summed E-state index contributed by atoms with van der Waals surface area (Å²) in [5.74, 6) is -2.97. The minimum Gasteiger partial charge on any atom is -0.465 e. The fourth-order valence-electron chi connectivity index (χ4n) is 5.76. The summed E-state index contributed by atoms with van der Waals surface area (Å²) in [5.41, 5.74) is 1.54. The number of carbonyl (C=O) groups excluding carboxylic acids is 2. The van der Waals surface area contributed by atoms with Gasteiger partial charge in [0.2, 0.25) is 11.8 Å². The van der Waals surface area contributed by atoms with Gasteiger partial charge in [-0.1, -0.05) is 48.0 Å². The van der Waals surface area contributed by atoms with Crippen LogP contribution in [-0.4, -0.2) is 28.9 Å². The molecule has 0 aliphatic carbocycles. The summed E-state index contributed by atoms with van der Waals surface area (Å²) in [7, 11) is 0. The molecule has 0 saturated carbocycles. The Morgan fingerprint density at radius 1 is 1.08 bits per heavy atom. The number of nitrogens with zero attached hydrogens (tertiary/aromatic N) is 2. The van der Waals surface area contributed by atoms with Crippen molar-refractivity contribution >= 4 is 23.5 Å². The summed E-state index contributed by atoms with van der Waals surface area (Å²) in [4.78, 5) is 43.8. The van der Waals surface area contributed by atoms with E-state index in [0.717, 1.165) is 11.1 Å². The van der Waals surface area contributed by atoms with E-state index in [1.54, 1.807) is 41.5 Å². The van der Waals surface area contributed by atoms with E-state index in [0.29, 0.717) is 23.5 Å². The van der Waals surface area contributed by atoms with Crippen molar-refractivity contribution in [3.63, 3.8) is 0 Å².